The Hall–Kier alpha value is -2.23. The topological polar surface area (TPSA) is 20.3 Å². The van der Waals surface area contributed by atoms with Gasteiger partial charge in [0.15, 0.2) is 5.78 Å². The van der Waals surface area contributed by atoms with Crippen LogP contribution in [0.3, 0.4) is 0 Å². The molecule has 0 bridgehead atoms. The van der Waals surface area contributed by atoms with Gasteiger partial charge in [-0.1, -0.05) is 58.4 Å². The third kappa shape index (κ3) is 4.29. The van der Waals surface area contributed by atoms with Gasteiger partial charge in [0, 0.05) is 22.1 Å². The molecule has 0 atom stereocenters. The normalized spacial score (nSPS) is 11.0. The minimum atomic E-state index is 0.0582. The number of hydrogen-bond donors (Lipinski definition) is 0. The lowest BCUT2D eigenvalue weighted by Crippen LogP contribution is -2.10. The number of carbonyl (C=O) groups is 1. The van der Waals surface area contributed by atoms with Gasteiger partial charge in [0.25, 0.3) is 0 Å². The Balaban J connectivity index is 1.85. The monoisotopic (exact) mass is 407 g/mol. The van der Waals surface area contributed by atoms with Crippen LogP contribution < -0.4 is 0 Å². The van der Waals surface area contributed by atoms with E-state index in [2.05, 4.69) is 65.3 Å². The minimum absolute atomic E-state index is 0.0582. The van der Waals surface area contributed by atoms with Gasteiger partial charge in [0.2, 0.25) is 0 Å². The molecule has 0 spiro atoms. The Labute approximate surface area is 163 Å². The number of aryl methyl sites for hydroxylation is 1. The lowest BCUT2D eigenvalue weighted by molar-refractivity contribution is 0.103. The molecule has 0 fully saturated rings. The van der Waals surface area contributed by atoms with E-state index in [9.17, 15) is 4.79 Å². The fraction of sp³-hybridized carbons (Fsp3) is 0.174. The summed E-state index contributed by atoms with van der Waals surface area (Å²) in [5.74, 6) is 0.0582. The molecule has 0 N–H and O–H groups in total. The SMILES string of the molecule is Cc1cc(-c2ccc(CN(C)C)cc2)ccc1C(=O)c1ccc(Br)cc1. The molecule has 0 aliphatic rings. The van der Waals surface area contributed by atoms with Gasteiger partial charge in [-0.2, -0.15) is 0 Å². The highest BCUT2D eigenvalue weighted by Crippen LogP contribution is 2.25. The van der Waals surface area contributed by atoms with Crippen LogP contribution in [0, 0.1) is 6.92 Å². The van der Waals surface area contributed by atoms with Gasteiger partial charge in [-0.3, -0.25) is 4.79 Å². The highest BCUT2D eigenvalue weighted by atomic mass is 79.9. The van der Waals surface area contributed by atoms with Crippen LogP contribution in [0.25, 0.3) is 11.1 Å². The lowest BCUT2D eigenvalue weighted by atomic mass is 9.95. The molecule has 3 rings (SSSR count). The zero-order valence-electron chi connectivity index (χ0n) is 15.3. The van der Waals surface area contributed by atoms with Crippen molar-refractivity contribution in [3.8, 4) is 11.1 Å². The summed E-state index contributed by atoms with van der Waals surface area (Å²) >= 11 is 3.40. The van der Waals surface area contributed by atoms with E-state index in [1.807, 2.05) is 43.3 Å². The molecule has 2 nitrogen and oxygen atoms in total. The minimum Gasteiger partial charge on any atom is -0.305 e. The van der Waals surface area contributed by atoms with E-state index < -0.39 is 0 Å². The third-order valence-electron chi connectivity index (χ3n) is 4.36. The van der Waals surface area contributed by atoms with Gasteiger partial charge < -0.3 is 4.90 Å². The average molecular weight is 408 g/mol. The zero-order chi connectivity index (χ0) is 18.7. The molecule has 0 saturated heterocycles. The number of nitrogens with zero attached hydrogens (tertiary/aromatic N) is 1. The van der Waals surface area contributed by atoms with Crippen molar-refractivity contribution in [3.63, 3.8) is 0 Å². The molecule has 3 aromatic carbocycles. The first-order valence-corrected chi connectivity index (χ1v) is 9.38. The summed E-state index contributed by atoms with van der Waals surface area (Å²) in [6.07, 6.45) is 0. The molecule has 3 aromatic rings. The van der Waals surface area contributed by atoms with Crippen LogP contribution in [-0.2, 0) is 6.54 Å². The molecule has 26 heavy (non-hydrogen) atoms. The molecule has 0 aliphatic heterocycles. The van der Waals surface area contributed by atoms with Crippen molar-refractivity contribution >= 4 is 21.7 Å². The maximum atomic E-state index is 12.8. The molecule has 0 saturated carbocycles. The van der Waals surface area contributed by atoms with E-state index in [1.54, 1.807) is 0 Å². The molecule has 0 aromatic heterocycles. The standard InChI is InChI=1S/C23H22BrNO/c1-16-14-20(18-6-4-17(5-7-18)15-25(2)3)10-13-22(16)23(26)19-8-11-21(24)12-9-19/h4-14H,15H2,1-3H3. The first-order chi connectivity index (χ1) is 12.4. The van der Waals surface area contributed by atoms with Crippen molar-refractivity contribution in [2.45, 2.75) is 13.5 Å². The van der Waals surface area contributed by atoms with Crippen LogP contribution in [0.15, 0.2) is 71.2 Å². The summed E-state index contributed by atoms with van der Waals surface area (Å²) in [5.41, 5.74) is 6.03. The van der Waals surface area contributed by atoms with Crippen LogP contribution in [0.2, 0.25) is 0 Å². The summed E-state index contributed by atoms with van der Waals surface area (Å²) in [4.78, 5) is 14.9. The van der Waals surface area contributed by atoms with Crippen molar-refractivity contribution < 1.29 is 4.79 Å². The number of benzene rings is 3. The maximum Gasteiger partial charge on any atom is 0.193 e. The van der Waals surface area contributed by atoms with E-state index >= 15 is 0 Å². The molecular weight excluding hydrogens is 386 g/mol. The molecule has 0 amide bonds. The van der Waals surface area contributed by atoms with Crippen LogP contribution >= 0.6 is 15.9 Å². The highest BCUT2D eigenvalue weighted by Gasteiger charge is 2.12. The Kier molecular flexibility index (Phi) is 5.70. The number of ketones is 1. The van der Waals surface area contributed by atoms with Crippen LogP contribution in [0.1, 0.15) is 27.0 Å². The molecule has 3 heteroatoms. The largest absolute Gasteiger partial charge is 0.305 e. The zero-order valence-corrected chi connectivity index (χ0v) is 16.9. The van der Waals surface area contributed by atoms with Crippen molar-refractivity contribution in [2.75, 3.05) is 14.1 Å². The summed E-state index contributed by atoms with van der Waals surface area (Å²) in [7, 11) is 4.14. The van der Waals surface area contributed by atoms with Gasteiger partial charge in [-0.05, 0) is 67.5 Å². The lowest BCUT2D eigenvalue weighted by Gasteiger charge is -2.11. The molecule has 0 aliphatic carbocycles. The molecule has 0 radical (unpaired) electrons. The van der Waals surface area contributed by atoms with Crippen LogP contribution in [-0.4, -0.2) is 24.8 Å². The van der Waals surface area contributed by atoms with Crippen molar-refractivity contribution in [2.24, 2.45) is 0 Å². The second-order valence-corrected chi connectivity index (χ2v) is 7.72. The van der Waals surface area contributed by atoms with E-state index in [1.165, 1.54) is 11.1 Å². The van der Waals surface area contributed by atoms with E-state index in [0.29, 0.717) is 5.56 Å². The van der Waals surface area contributed by atoms with Gasteiger partial charge in [0.05, 0.1) is 0 Å². The maximum absolute atomic E-state index is 12.8. The Bertz CT molecular complexity index is 912. The second kappa shape index (κ2) is 7.98. The van der Waals surface area contributed by atoms with Gasteiger partial charge in [-0.15, -0.1) is 0 Å². The van der Waals surface area contributed by atoms with Crippen molar-refractivity contribution in [1.82, 2.24) is 4.90 Å². The molecule has 0 unspecified atom stereocenters. The predicted molar refractivity (Wildman–Crippen MR) is 112 cm³/mol. The molecule has 0 heterocycles. The number of carbonyl (C=O) groups excluding carboxylic acids is 1. The van der Waals surface area contributed by atoms with Gasteiger partial charge >= 0.3 is 0 Å². The van der Waals surface area contributed by atoms with Crippen LogP contribution in [0.5, 0.6) is 0 Å². The van der Waals surface area contributed by atoms with Gasteiger partial charge in [0.1, 0.15) is 0 Å². The third-order valence-corrected chi connectivity index (χ3v) is 4.89. The summed E-state index contributed by atoms with van der Waals surface area (Å²) in [6.45, 7) is 2.93. The van der Waals surface area contributed by atoms with Crippen LogP contribution in [0.4, 0.5) is 0 Å². The molecular formula is C23H22BrNO. The van der Waals surface area contributed by atoms with Crippen molar-refractivity contribution in [3.05, 3.63) is 93.5 Å². The van der Waals surface area contributed by atoms with E-state index in [4.69, 9.17) is 0 Å². The fourth-order valence-electron chi connectivity index (χ4n) is 3.02. The highest BCUT2D eigenvalue weighted by molar-refractivity contribution is 9.10. The number of rotatable bonds is 5. The fourth-order valence-corrected chi connectivity index (χ4v) is 3.29. The Morgan fingerprint density at radius 3 is 2.08 bits per heavy atom. The predicted octanol–water partition coefficient (Wildman–Crippen LogP) is 5.72. The quantitative estimate of drug-likeness (QED) is 0.504. The number of halogens is 1. The first-order valence-electron chi connectivity index (χ1n) is 8.59. The smallest absolute Gasteiger partial charge is 0.193 e. The van der Waals surface area contributed by atoms with E-state index in [-0.39, 0.29) is 5.78 Å². The summed E-state index contributed by atoms with van der Waals surface area (Å²) in [5, 5.41) is 0. The number of hydrogen-bond acceptors (Lipinski definition) is 2. The summed E-state index contributed by atoms with van der Waals surface area (Å²) in [6, 6.07) is 22.1. The summed E-state index contributed by atoms with van der Waals surface area (Å²) < 4.78 is 0.971. The first kappa shape index (κ1) is 18.6. The van der Waals surface area contributed by atoms with Crippen molar-refractivity contribution in [1.29, 1.82) is 0 Å². The average Bonchev–Trinajstić information content (AvgIpc) is 2.62. The Morgan fingerprint density at radius 2 is 1.50 bits per heavy atom. The molecule has 132 valence electrons. The Morgan fingerprint density at radius 1 is 0.885 bits per heavy atom. The van der Waals surface area contributed by atoms with E-state index in [0.717, 1.165) is 27.7 Å². The second-order valence-electron chi connectivity index (χ2n) is 6.80. The van der Waals surface area contributed by atoms with Gasteiger partial charge in [-0.25, -0.2) is 0 Å².